The molecule has 0 spiro atoms. The number of nitrogens with zero attached hydrogens (tertiary/aromatic N) is 2. The van der Waals surface area contributed by atoms with Gasteiger partial charge in [-0.1, -0.05) is 12.1 Å². The van der Waals surface area contributed by atoms with Gasteiger partial charge in [0, 0.05) is 38.4 Å². The van der Waals surface area contributed by atoms with E-state index in [0.717, 1.165) is 32.6 Å². The molecular formula is C18H23N3O2. The number of carbonyl (C=O) groups excluding carboxylic acids is 1. The van der Waals surface area contributed by atoms with E-state index in [4.69, 9.17) is 4.42 Å². The minimum Gasteiger partial charge on any atom is -0.459 e. The molecule has 0 atom stereocenters. The third kappa shape index (κ3) is 4.13. The number of benzene rings is 1. The Hall–Kier alpha value is -2.27. The van der Waals surface area contributed by atoms with Gasteiger partial charge in [-0.2, -0.15) is 0 Å². The Balaban J connectivity index is 1.47. The lowest BCUT2D eigenvalue weighted by Crippen LogP contribution is -2.44. The summed E-state index contributed by atoms with van der Waals surface area (Å²) in [7, 11) is 2.16. The van der Waals surface area contributed by atoms with Crippen molar-refractivity contribution in [2.75, 3.05) is 44.7 Å². The second kappa shape index (κ2) is 7.33. The van der Waals surface area contributed by atoms with E-state index in [1.54, 1.807) is 12.1 Å². The van der Waals surface area contributed by atoms with Crippen LogP contribution in [0.2, 0.25) is 0 Å². The predicted molar refractivity (Wildman–Crippen MR) is 90.9 cm³/mol. The van der Waals surface area contributed by atoms with E-state index in [-0.39, 0.29) is 5.91 Å². The summed E-state index contributed by atoms with van der Waals surface area (Å²) in [5.41, 5.74) is 2.50. The maximum atomic E-state index is 11.8. The quantitative estimate of drug-likeness (QED) is 0.917. The highest BCUT2D eigenvalue weighted by Gasteiger charge is 2.14. The predicted octanol–water partition coefficient (Wildman–Crippen LogP) is 2.00. The monoisotopic (exact) mass is 313 g/mol. The van der Waals surface area contributed by atoms with Crippen LogP contribution in [0.3, 0.4) is 0 Å². The highest BCUT2D eigenvalue weighted by atomic mass is 16.3. The van der Waals surface area contributed by atoms with Crippen LogP contribution in [0.1, 0.15) is 16.1 Å². The smallest absolute Gasteiger partial charge is 0.286 e. The Labute approximate surface area is 136 Å². The molecule has 2 heterocycles. The van der Waals surface area contributed by atoms with Gasteiger partial charge in [0.15, 0.2) is 5.76 Å². The van der Waals surface area contributed by atoms with Crippen molar-refractivity contribution in [1.29, 1.82) is 0 Å². The lowest BCUT2D eigenvalue weighted by Gasteiger charge is -2.34. The van der Waals surface area contributed by atoms with Crippen molar-refractivity contribution >= 4 is 11.6 Å². The molecule has 5 nitrogen and oxygen atoms in total. The molecule has 0 unspecified atom stereocenters. The number of hydrogen-bond acceptors (Lipinski definition) is 4. The first-order valence-electron chi connectivity index (χ1n) is 8.06. The summed E-state index contributed by atoms with van der Waals surface area (Å²) < 4.78 is 5.07. The summed E-state index contributed by atoms with van der Waals surface area (Å²) in [5.74, 6) is 0.194. The molecule has 1 fully saturated rings. The molecule has 0 bridgehead atoms. The van der Waals surface area contributed by atoms with E-state index in [9.17, 15) is 4.79 Å². The van der Waals surface area contributed by atoms with Gasteiger partial charge >= 0.3 is 0 Å². The lowest BCUT2D eigenvalue weighted by molar-refractivity contribution is 0.0926. The van der Waals surface area contributed by atoms with Crippen LogP contribution in [-0.4, -0.2) is 50.6 Å². The van der Waals surface area contributed by atoms with E-state index >= 15 is 0 Å². The van der Waals surface area contributed by atoms with Gasteiger partial charge in [-0.3, -0.25) is 4.79 Å². The van der Waals surface area contributed by atoms with Gasteiger partial charge in [0.2, 0.25) is 0 Å². The minimum atomic E-state index is -0.163. The number of likely N-dealkylation sites (N-methyl/N-ethyl adjacent to an activating group) is 1. The van der Waals surface area contributed by atoms with Crippen molar-refractivity contribution in [2.24, 2.45) is 0 Å². The molecule has 1 aliphatic heterocycles. The van der Waals surface area contributed by atoms with Crippen LogP contribution in [0.25, 0.3) is 0 Å². The number of furan rings is 1. The fourth-order valence-corrected chi connectivity index (χ4v) is 2.75. The normalized spacial score (nSPS) is 15.6. The number of amides is 1. The highest BCUT2D eigenvalue weighted by molar-refractivity contribution is 5.91. The zero-order valence-corrected chi connectivity index (χ0v) is 13.5. The summed E-state index contributed by atoms with van der Waals surface area (Å²) >= 11 is 0. The van der Waals surface area contributed by atoms with Crippen LogP contribution >= 0.6 is 0 Å². The average Bonchev–Trinajstić information content (AvgIpc) is 3.11. The van der Waals surface area contributed by atoms with Crippen LogP contribution in [0.4, 0.5) is 5.69 Å². The Bertz CT molecular complexity index is 614. The SMILES string of the molecule is CN1CCN(c2ccc(CCNC(=O)c3ccco3)cc2)CC1. The fourth-order valence-electron chi connectivity index (χ4n) is 2.75. The molecule has 1 N–H and O–H groups in total. The van der Waals surface area contributed by atoms with Gasteiger partial charge in [-0.25, -0.2) is 0 Å². The Morgan fingerprint density at radius 1 is 1.13 bits per heavy atom. The first-order valence-corrected chi connectivity index (χ1v) is 8.06. The van der Waals surface area contributed by atoms with Gasteiger partial charge in [0.05, 0.1) is 6.26 Å². The number of anilines is 1. The number of piperazine rings is 1. The van der Waals surface area contributed by atoms with Crippen LogP contribution in [-0.2, 0) is 6.42 Å². The molecule has 1 saturated heterocycles. The molecule has 0 aliphatic carbocycles. The van der Waals surface area contributed by atoms with E-state index in [1.165, 1.54) is 17.5 Å². The maximum absolute atomic E-state index is 11.8. The van der Waals surface area contributed by atoms with Gasteiger partial charge in [-0.15, -0.1) is 0 Å². The summed E-state index contributed by atoms with van der Waals surface area (Å²) in [6, 6.07) is 12.0. The van der Waals surface area contributed by atoms with Crippen molar-refractivity contribution in [2.45, 2.75) is 6.42 Å². The van der Waals surface area contributed by atoms with Crippen LogP contribution in [0, 0.1) is 0 Å². The first-order chi connectivity index (χ1) is 11.2. The molecule has 1 aromatic carbocycles. The number of nitrogens with one attached hydrogen (secondary N) is 1. The Morgan fingerprint density at radius 2 is 1.87 bits per heavy atom. The van der Waals surface area contributed by atoms with Crippen LogP contribution in [0.15, 0.2) is 47.1 Å². The number of rotatable bonds is 5. The van der Waals surface area contributed by atoms with Gasteiger partial charge < -0.3 is 19.5 Å². The maximum Gasteiger partial charge on any atom is 0.286 e. The lowest BCUT2D eigenvalue weighted by atomic mass is 10.1. The zero-order valence-electron chi connectivity index (χ0n) is 13.5. The number of carbonyl (C=O) groups is 1. The molecule has 2 aromatic rings. The van der Waals surface area contributed by atoms with Crippen molar-refractivity contribution < 1.29 is 9.21 Å². The van der Waals surface area contributed by atoms with Crippen molar-refractivity contribution in [3.63, 3.8) is 0 Å². The third-order valence-corrected chi connectivity index (χ3v) is 4.25. The van der Waals surface area contributed by atoms with Gasteiger partial charge in [-0.05, 0) is 43.3 Å². The van der Waals surface area contributed by atoms with E-state index < -0.39 is 0 Å². The molecule has 0 saturated carbocycles. The molecular weight excluding hydrogens is 290 g/mol. The highest BCUT2D eigenvalue weighted by Crippen LogP contribution is 2.17. The van der Waals surface area contributed by atoms with Gasteiger partial charge in [0.25, 0.3) is 5.91 Å². The molecule has 3 rings (SSSR count). The average molecular weight is 313 g/mol. The summed E-state index contributed by atoms with van der Waals surface area (Å²) in [6.45, 7) is 4.98. The summed E-state index contributed by atoms with van der Waals surface area (Å²) in [5, 5.41) is 2.87. The molecule has 0 radical (unpaired) electrons. The molecule has 23 heavy (non-hydrogen) atoms. The van der Waals surface area contributed by atoms with Gasteiger partial charge in [0.1, 0.15) is 0 Å². The molecule has 5 heteroatoms. The topological polar surface area (TPSA) is 48.7 Å². The first kappa shape index (κ1) is 15.6. The minimum absolute atomic E-state index is 0.163. The second-order valence-corrected chi connectivity index (χ2v) is 5.94. The Morgan fingerprint density at radius 3 is 2.52 bits per heavy atom. The Kier molecular flexibility index (Phi) is 4.98. The number of hydrogen-bond donors (Lipinski definition) is 1. The van der Waals surface area contributed by atoms with Crippen molar-refractivity contribution in [1.82, 2.24) is 10.2 Å². The van der Waals surface area contributed by atoms with E-state index in [2.05, 4.69) is 46.4 Å². The van der Waals surface area contributed by atoms with Crippen molar-refractivity contribution in [3.8, 4) is 0 Å². The zero-order chi connectivity index (χ0) is 16.1. The molecule has 1 amide bonds. The summed E-state index contributed by atoms with van der Waals surface area (Å²) in [6.07, 6.45) is 2.32. The van der Waals surface area contributed by atoms with Crippen LogP contribution in [0.5, 0.6) is 0 Å². The van der Waals surface area contributed by atoms with E-state index in [1.807, 2.05) is 0 Å². The van der Waals surface area contributed by atoms with Crippen molar-refractivity contribution in [3.05, 3.63) is 54.0 Å². The second-order valence-electron chi connectivity index (χ2n) is 5.94. The summed E-state index contributed by atoms with van der Waals surface area (Å²) in [4.78, 5) is 16.5. The molecule has 1 aliphatic rings. The molecule has 1 aromatic heterocycles. The molecule has 122 valence electrons. The van der Waals surface area contributed by atoms with Crippen LogP contribution < -0.4 is 10.2 Å². The largest absolute Gasteiger partial charge is 0.459 e. The standard InChI is InChI=1S/C18H23N3O2/c1-20-10-12-21(13-11-20)16-6-4-15(5-7-16)8-9-19-18(22)17-3-2-14-23-17/h2-7,14H,8-13H2,1H3,(H,19,22). The van der Waals surface area contributed by atoms with E-state index in [0.29, 0.717) is 12.3 Å². The third-order valence-electron chi connectivity index (χ3n) is 4.25. The fraction of sp³-hybridized carbons (Fsp3) is 0.389.